The zero-order valence-electron chi connectivity index (χ0n) is 25.9. The molecule has 0 amide bonds. The maximum Gasteiger partial charge on any atom is 0.00648 e. The van der Waals surface area contributed by atoms with Crippen LogP contribution in [0.5, 0.6) is 0 Å². The molecule has 1 aliphatic rings. The van der Waals surface area contributed by atoms with E-state index in [9.17, 15) is 0 Å². The van der Waals surface area contributed by atoms with Gasteiger partial charge in [-0.2, -0.15) is 0 Å². The summed E-state index contributed by atoms with van der Waals surface area (Å²) in [5, 5.41) is 7.17. The van der Waals surface area contributed by atoms with Crippen LogP contribution in [0.15, 0.2) is 139 Å². The molecule has 0 fully saturated rings. The van der Waals surface area contributed by atoms with Crippen molar-refractivity contribution in [3.05, 3.63) is 167 Å². The van der Waals surface area contributed by atoms with Crippen molar-refractivity contribution in [3.8, 4) is 0 Å². The van der Waals surface area contributed by atoms with Crippen molar-refractivity contribution < 1.29 is 0 Å². The molecule has 214 valence electrons. The maximum atomic E-state index is 2.49. The Morgan fingerprint density at radius 1 is 0.535 bits per heavy atom. The molecule has 0 unspecified atom stereocenters. The van der Waals surface area contributed by atoms with Crippen LogP contribution in [0.1, 0.15) is 41.2 Å². The molecule has 0 spiro atoms. The molecule has 1 aliphatic carbocycles. The lowest BCUT2D eigenvalue weighted by molar-refractivity contribution is 1.06. The van der Waals surface area contributed by atoms with Gasteiger partial charge >= 0.3 is 0 Å². The lowest BCUT2D eigenvalue weighted by atomic mass is 10.0. The molecule has 0 bridgehead atoms. The summed E-state index contributed by atoms with van der Waals surface area (Å²) in [5.41, 5.74) is 10.2. The van der Waals surface area contributed by atoms with Crippen LogP contribution < -0.4 is 26.5 Å². The Bertz CT molecular complexity index is 1670. The van der Waals surface area contributed by atoms with Gasteiger partial charge in [-0.25, -0.2) is 0 Å². The standard InChI is InChI=1S/C41H40P2/c1-29-23-30(2)26-36(25-29)42(37-27-31(3)24-32(4)28-37)33(5)38-20-14-21-39(38)40-19-12-13-22-41(40)43(34-15-8-6-9-16-34)35-17-10-7-11-18-35/h6-19,21-28,33H,20H2,1-5H3/t33-/m1/s1. The van der Waals surface area contributed by atoms with Gasteiger partial charge in [-0.05, 0) is 87.6 Å². The van der Waals surface area contributed by atoms with Crippen molar-refractivity contribution in [1.82, 2.24) is 0 Å². The van der Waals surface area contributed by atoms with Gasteiger partial charge in [0.15, 0.2) is 0 Å². The lowest BCUT2D eigenvalue weighted by Gasteiger charge is -2.30. The fourth-order valence-electron chi connectivity index (χ4n) is 6.59. The van der Waals surface area contributed by atoms with Crippen LogP contribution in [-0.4, -0.2) is 5.66 Å². The Labute approximate surface area is 260 Å². The summed E-state index contributed by atoms with van der Waals surface area (Å²) in [6.07, 6.45) is 5.81. The summed E-state index contributed by atoms with van der Waals surface area (Å²) >= 11 is 0. The van der Waals surface area contributed by atoms with Gasteiger partial charge in [-0.15, -0.1) is 0 Å². The molecule has 0 N–H and O–H groups in total. The highest BCUT2D eigenvalue weighted by atomic mass is 31.1. The van der Waals surface area contributed by atoms with Gasteiger partial charge in [0.25, 0.3) is 0 Å². The highest BCUT2D eigenvalue weighted by molar-refractivity contribution is 7.80. The van der Waals surface area contributed by atoms with Crippen LogP contribution in [0.25, 0.3) is 5.57 Å². The summed E-state index contributed by atoms with van der Waals surface area (Å²) in [6.45, 7) is 11.4. The van der Waals surface area contributed by atoms with Crippen LogP contribution in [0, 0.1) is 27.7 Å². The second-order valence-electron chi connectivity index (χ2n) is 11.8. The fourth-order valence-corrected chi connectivity index (χ4v) is 12.2. The third kappa shape index (κ3) is 6.38. The molecular formula is C41H40P2. The monoisotopic (exact) mass is 594 g/mol. The van der Waals surface area contributed by atoms with E-state index in [1.165, 1.54) is 59.9 Å². The van der Waals surface area contributed by atoms with Gasteiger partial charge in [0, 0.05) is 5.66 Å². The predicted molar refractivity (Wildman–Crippen MR) is 193 cm³/mol. The van der Waals surface area contributed by atoms with Gasteiger partial charge < -0.3 is 0 Å². The van der Waals surface area contributed by atoms with Gasteiger partial charge in [-0.3, -0.25) is 0 Å². The number of rotatable bonds is 8. The first kappa shape index (κ1) is 29.5. The molecule has 0 saturated carbocycles. The summed E-state index contributed by atoms with van der Waals surface area (Å²) in [6, 6.07) is 45.7. The summed E-state index contributed by atoms with van der Waals surface area (Å²) in [5.74, 6) is 0. The van der Waals surface area contributed by atoms with Crippen molar-refractivity contribution >= 4 is 47.9 Å². The maximum absolute atomic E-state index is 2.49. The Hall–Kier alpha value is -3.56. The van der Waals surface area contributed by atoms with Crippen LogP contribution in [-0.2, 0) is 0 Å². The zero-order valence-corrected chi connectivity index (χ0v) is 27.7. The van der Waals surface area contributed by atoms with Crippen molar-refractivity contribution in [2.24, 2.45) is 0 Å². The molecule has 1 atom stereocenters. The second-order valence-corrected chi connectivity index (χ2v) is 16.5. The summed E-state index contributed by atoms with van der Waals surface area (Å²) < 4.78 is 0. The topological polar surface area (TPSA) is 0 Å². The molecule has 6 rings (SSSR count). The molecule has 0 aromatic heterocycles. The molecule has 0 saturated heterocycles. The molecule has 2 heteroatoms. The minimum Gasteiger partial charge on any atom is -0.0798 e. The fraction of sp³-hybridized carbons (Fsp3) is 0.171. The molecule has 5 aromatic carbocycles. The number of allylic oxidation sites excluding steroid dienone is 4. The number of hydrogen-bond acceptors (Lipinski definition) is 0. The van der Waals surface area contributed by atoms with Crippen LogP contribution in [0.3, 0.4) is 0 Å². The van der Waals surface area contributed by atoms with Gasteiger partial charge in [0.05, 0.1) is 0 Å². The van der Waals surface area contributed by atoms with Crippen molar-refractivity contribution in [2.45, 2.75) is 46.7 Å². The highest BCUT2D eigenvalue weighted by Gasteiger charge is 2.29. The van der Waals surface area contributed by atoms with Crippen LogP contribution in [0.2, 0.25) is 0 Å². The quantitative estimate of drug-likeness (QED) is 0.157. The van der Waals surface area contributed by atoms with E-state index in [2.05, 4.69) is 168 Å². The third-order valence-electron chi connectivity index (χ3n) is 8.29. The molecule has 0 nitrogen and oxygen atoms in total. The van der Waals surface area contributed by atoms with Gasteiger partial charge in [0.2, 0.25) is 0 Å². The van der Waals surface area contributed by atoms with E-state index in [1.807, 2.05) is 0 Å². The molecule has 0 aliphatic heterocycles. The second kappa shape index (κ2) is 13.0. The normalized spacial score (nSPS) is 13.7. The predicted octanol–water partition coefficient (Wildman–Crippen LogP) is 8.91. The Morgan fingerprint density at radius 3 is 1.51 bits per heavy atom. The van der Waals surface area contributed by atoms with E-state index in [1.54, 1.807) is 5.57 Å². The van der Waals surface area contributed by atoms with Crippen molar-refractivity contribution in [3.63, 3.8) is 0 Å². The Kier molecular flexibility index (Phi) is 8.90. The number of benzene rings is 5. The third-order valence-corrected chi connectivity index (χ3v) is 13.5. The minimum atomic E-state index is -0.704. The van der Waals surface area contributed by atoms with Crippen LogP contribution >= 0.6 is 15.8 Å². The van der Waals surface area contributed by atoms with Crippen molar-refractivity contribution in [1.29, 1.82) is 0 Å². The van der Waals surface area contributed by atoms with E-state index in [0.29, 0.717) is 5.66 Å². The molecule has 0 radical (unpaired) electrons. The number of hydrogen-bond donors (Lipinski definition) is 0. The first-order valence-electron chi connectivity index (χ1n) is 15.2. The molecular weight excluding hydrogens is 554 g/mol. The number of aryl methyl sites for hydroxylation is 4. The largest absolute Gasteiger partial charge is 0.0798 e. The van der Waals surface area contributed by atoms with E-state index >= 15 is 0 Å². The van der Waals surface area contributed by atoms with Crippen LogP contribution in [0.4, 0.5) is 0 Å². The smallest absolute Gasteiger partial charge is 0.00648 e. The lowest BCUT2D eigenvalue weighted by Crippen LogP contribution is -2.24. The summed E-state index contributed by atoms with van der Waals surface area (Å²) in [4.78, 5) is 0. The average molecular weight is 595 g/mol. The summed E-state index contributed by atoms with van der Waals surface area (Å²) in [7, 11) is -1.31. The van der Waals surface area contributed by atoms with Gasteiger partial charge in [-0.1, -0.05) is 168 Å². The SMILES string of the molecule is Cc1cc(C)cc(P(c2cc(C)cc(C)c2)[C@H](C)C2=C(c3ccccc3P(c3ccccc3)c3ccccc3)C=CC2)c1. The molecule has 0 heterocycles. The van der Waals surface area contributed by atoms with E-state index < -0.39 is 15.8 Å². The van der Waals surface area contributed by atoms with E-state index in [0.717, 1.165) is 6.42 Å². The molecule has 5 aromatic rings. The highest BCUT2D eigenvalue weighted by Crippen LogP contribution is 2.48. The van der Waals surface area contributed by atoms with E-state index in [4.69, 9.17) is 0 Å². The average Bonchev–Trinajstić information content (AvgIpc) is 3.48. The minimum absolute atomic E-state index is 0.398. The first-order chi connectivity index (χ1) is 20.9. The first-order valence-corrected chi connectivity index (χ1v) is 18.0. The Balaban J connectivity index is 1.52. The Morgan fingerprint density at radius 2 is 1.00 bits per heavy atom. The van der Waals surface area contributed by atoms with E-state index in [-0.39, 0.29) is 0 Å². The zero-order chi connectivity index (χ0) is 29.9. The molecule has 43 heavy (non-hydrogen) atoms. The van der Waals surface area contributed by atoms with Crippen molar-refractivity contribution in [2.75, 3.05) is 0 Å². The van der Waals surface area contributed by atoms with Gasteiger partial charge in [0.1, 0.15) is 0 Å².